The first-order valence-electron chi connectivity index (χ1n) is 14.6. The first-order valence-corrected chi connectivity index (χ1v) is 14.6. The van der Waals surface area contributed by atoms with E-state index in [1.54, 1.807) is 0 Å². The molecule has 2 aromatic carbocycles. The topological polar surface area (TPSA) is 15.7 Å². The highest BCUT2D eigenvalue weighted by molar-refractivity contribution is 5.25. The summed E-state index contributed by atoms with van der Waals surface area (Å²) in [4.78, 5) is 9.58. The van der Waals surface area contributed by atoms with Crippen molar-refractivity contribution in [3.63, 3.8) is 0 Å². The lowest BCUT2D eigenvalue weighted by Gasteiger charge is -2.37. The summed E-state index contributed by atoms with van der Waals surface area (Å²) in [6, 6.07) is 23.0. The molecule has 1 saturated carbocycles. The van der Waals surface area contributed by atoms with Crippen LogP contribution in [-0.4, -0.2) is 47.8 Å². The third-order valence-corrected chi connectivity index (χ3v) is 9.67. The minimum absolute atomic E-state index is 0.152. The summed E-state index contributed by atoms with van der Waals surface area (Å²) in [6.07, 6.45) is 14.6. The third-order valence-electron chi connectivity index (χ3n) is 9.67. The van der Waals surface area contributed by atoms with Gasteiger partial charge in [0.15, 0.2) is 0 Å². The number of aryl methyl sites for hydroxylation is 1. The smallest absolute Gasteiger partial charge is 0.0915 e. The molecular weight excluding hydrogens is 428 g/mol. The minimum atomic E-state index is 0.152. The van der Waals surface area contributed by atoms with Crippen LogP contribution in [0, 0.1) is 11.8 Å². The first-order chi connectivity index (χ1) is 17.3. The van der Waals surface area contributed by atoms with Crippen molar-refractivity contribution in [2.24, 2.45) is 11.8 Å². The van der Waals surface area contributed by atoms with Crippen LogP contribution in [0.15, 0.2) is 60.7 Å². The summed E-state index contributed by atoms with van der Waals surface area (Å²) in [6.45, 7) is 4.91. The summed E-state index contributed by atoms with van der Waals surface area (Å²) in [7, 11) is 0. The van der Waals surface area contributed by atoms with E-state index in [2.05, 4.69) is 70.6 Å². The maximum atomic E-state index is 6.80. The fraction of sp³-hybridized carbons (Fsp3) is 0.625. The predicted octanol–water partition coefficient (Wildman–Crippen LogP) is 6.84. The Bertz CT molecular complexity index is 917. The summed E-state index contributed by atoms with van der Waals surface area (Å²) in [5.74, 6) is 2.21. The molecule has 1 aliphatic carbocycles. The molecule has 0 radical (unpaired) electrons. The van der Waals surface area contributed by atoms with Gasteiger partial charge in [-0.1, -0.05) is 86.3 Å². The number of likely N-dealkylation sites (tertiary alicyclic amines) is 1. The fourth-order valence-electron chi connectivity index (χ4n) is 7.84. The molecule has 0 amide bonds. The number of piperidine rings is 1. The van der Waals surface area contributed by atoms with Gasteiger partial charge in [-0.05, 0) is 81.0 Å². The van der Waals surface area contributed by atoms with Gasteiger partial charge in [0, 0.05) is 25.0 Å². The van der Waals surface area contributed by atoms with Gasteiger partial charge in [-0.15, -0.1) is 0 Å². The highest BCUT2D eigenvalue weighted by atomic mass is 16.7. The number of fused-ring (bicyclic) bond motifs is 1. The van der Waals surface area contributed by atoms with Gasteiger partial charge in [-0.25, -0.2) is 0 Å². The van der Waals surface area contributed by atoms with E-state index in [4.69, 9.17) is 4.84 Å². The van der Waals surface area contributed by atoms with Crippen molar-refractivity contribution in [2.75, 3.05) is 26.2 Å². The zero-order valence-corrected chi connectivity index (χ0v) is 21.5. The highest BCUT2D eigenvalue weighted by Crippen LogP contribution is 2.51. The molecule has 3 heterocycles. The number of rotatable bonds is 7. The molecule has 0 aromatic heterocycles. The van der Waals surface area contributed by atoms with E-state index >= 15 is 0 Å². The van der Waals surface area contributed by atoms with Crippen LogP contribution in [0.2, 0.25) is 0 Å². The van der Waals surface area contributed by atoms with Gasteiger partial charge >= 0.3 is 0 Å². The molecule has 4 aliphatic rings. The van der Waals surface area contributed by atoms with Gasteiger partial charge < -0.3 is 4.90 Å². The maximum absolute atomic E-state index is 6.80. The van der Waals surface area contributed by atoms with Crippen LogP contribution in [0.25, 0.3) is 0 Å². The van der Waals surface area contributed by atoms with Crippen molar-refractivity contribution in [2.45, 2.75) is 88.2 Å². The Hall–Kier alpha value is -1.68. The van der Waals surface area contributed by atoms with Gasteiger partial charge in [-0.3, -0.25) is 4.84 Å². The van der Waals surface area contributed by atoms with E-state index in [9.17, 15) is 0 Å². The third kappa shape index (κ3) is 5.38. The Morgan fingerprint density at radius 2 is 1.57 bits per heavy atom. The van der Waals surface area contributed by atoms with Gasteiger partial charge in [0.1, 0.15) is 0 Å². The molecular formula is C32H44N2O. The van der Waals surface area contributed by atoms with Gasteiger partial charge in [0.2, 0.25) is 0 Å². The first kappa shape index (κ1) is 23.7. The normalized spacial score (nSPS) is 29.5. The second-order valence-electron chi connectivity index (χ2n) is 12.0. The van der Waals surface area contributed by atoms with Crippen molar-refractivity contribution < 1.29 is 4.84 Å². The summed E-state index contributed by atoms with van der Waals surface area (Å²) in [5, 5.41) is 2.45. The van der Waals surface area contributed by atoms with Gasteiger partial charge in [0.25, 0.3) is 0 Å². The molecule has 3 heteroatoms. The van der Waals surface area contributed by atoms with Crippen LogP contribution < -0.4 is 0 Å². The standard InChI is InChI=1S/C32H44N2O/c1-4-11-26(12-5-1)13-10-14-27-17-21-33(22-18-27)24-29-25-34-30(31(29)28-15-6-2-7-16-28)23-32(35-34)19-8-3-9-20-32/h1-2,4-7,11-12,15-16,27,29-31H,3,8-10,13-14,17-25H2/t29?,30-,31+/m0/s1. The van der Waals surface area contributed by atoms with Crippen LogP contribution in [-0.2, 0) is 11.3 Å². The quantitative estimate of drug-likeness (QED) is 0.438. The van der Waals surface area contributed by atoms with Crippen molar-refractivity contribution in [1.82, 2.24) is 9.96 Å². The summed E-state index contributed by atoms with van der Waals surface area (Å²) in [5.41, 5.74) is 3.19. The van der Waals surface area contributed by atoms with E-state index in [0.717, 1.165) is 12.5 Å². The number of hydrogen-bond acceptors (Lipinski definition) is 3. The maximum Gasteiger partial charge on any atom is 0.0915 e. The molecule has 3 saturated heterocycles. The Morgan fingerprint density at radius 1 is 0.857 bits per heavy atom. The average Bonchev–Trinajstić information content (AvgIpc) is 3.39. The molecule has 0 N–H and O–H groups in total. The summed E-state index contributed by atoms with van der Waals surface area (Å²) < 4.78 is 0. The number of benzene rings is 2. The highest BCUT2D eigenvalue weighted by Gasteiger charge is 2.54. The molecule has 35 heavy (non-hydrogen) atoms. The molecule has 0 bridgehead atoms. The van der Waals surface area contributed by atoms with Crippen molar-refractivity contribution in [1.29, 1.82) is 0 Å². The van der Waals surface area contributed by atoms with E-state index in [1.165, 1.54) is 101 Å². The minimum Gasteiger partial charge on any atom is -0.303 e. The van der Waals surface area contributed by atoms with Crippen LogP contribution in [0.3, 0.4) is 0 Å². The van der Waals surface area contributed by atoms with Crippen molar-refractivity contribution in [3.8, 4) is 0 Å². The van der Waals surface area contributed by atoms with E-state index in [-0.39, 0.29) is 5.60 Å². The SMILES string of the molecule is c1ccc(CCCC2CCN(CC3CN4OC5(CCCCC5)C[C@H]4[C@@H]3c3ccccc3)CC2)cc1. The number of hydrogen-bond donors (Lipinski definition) is 0. The van der Waals surface area contributed by atoms with E-state index in [1.807, 2.05) is 0 Å². The van der Waals surface area contributed by atoms with Gasteiger partial charge in [0.05, 0.1) is 5.60 Å². The number of nitrogens with zero attached hydrogens (tertiary/aromatic N) is 2. The number of hydroxylamine groups is 2. The Balaban J connectivity index is 1.04. The lowest BCUT2D eigenvalue weighted by Crippen LogP contribution is -2.40. The average molecular weight is 473 g/mol. The van der Waals surface area contributed by atoms with Crippen LogP contribution in [0.4, 0.5) is 0 Å². The Morgan fingerprint density at radius 3 is 2.31 bits per heavy atom. The largest absolute Gasteiger partial charge is 0.303 e. The summed E-state index contributed by atoms with van der Waals surface area (Å²) >= 11 is 0. The Labute approximate surface area is 212 Å². The molecule has 1 spiro atoms. The molecule has 1 unspecified atom stereocenters. The van der Waals surface area contributed by atoms with Crippen molar-refractivity contribution in [3.05, 3.63) is 71.8 Å². The van der Waals surface area contributed by atoms with Crippen LogP contribution in [0.1, 0.15) is 81.3 Å². The van der Waals surface area contributed by atoms with Crippen molar-refractivity contribution >= 4 is 0 Å². The zero-order valence-electron chi connectivity index (χ0n) is 21.5. The van der Waals surface area contributed by atoms with Crippen LogP contribution in [0.5, 0.6) is 0 Å². The molecule has 2 aromatic rings. The second-order valence-corrected chi connectivity index (χ2v) is 12.0. The zero-order chi connectivity index (χ0) is 23.5. The molecule has 3 nitrogen and oxygen atoms in total. The molecule has 3 atom stereocenters. The molecule has 6 rings (SSSR count). The van der Waals surface area contributed by atoms with Crippen LogP contribution >= 0.6 is 0 Å². The second kappa shape index (κ2) is 10.7. The van der Waals surface area contributed by atoms with E-state index in [0.29, 0.717) is 17.9 Å². The lowest BCUT2D eigenvalue weighted by atomic mass is 9.75. The predicted molar refractivity (Wildman–Crippen MR) is 143 cm³/mol. The molecule has 188 valence electrons. The lowest BCUT2D eigenvalue weighted by molar-refractivity contribution is -0.206. The Kier molecular flexibility index (Phi) is 7.28. The fourth-order valence-corrected chi connectivity index (χ4v) is 7.84. The monoisotopic (exact) mass is 472 g/mol. The van der Waals surface area contributed by atoms with Gasteiger partial charge in [-0.2, -0.15) is 5.06 Å². The molecule has 4 fully saturated rings. The van der Waals surface area contributed by atoms with E-state index < -0.39 is 0 Å². The molecule has 3 aliphatic heterocycles.